The second-order valence-corrected chi connectivity index (χ2v) is 10.8. The SMILES string of the molecule is COc1cc(C=Nn2c(-c3cc4cc(Cl)ccc4o3)nc3ccccc3c2=O)cc(Br)c1OCC(=O)Nc1ccc(F)cc1. The van der Waals surface area contributed by atoms with Gasteiger partial charge in [-0.1, -0.05) is 23.7 Å². The van der Waals surface area contributed by atoms with Crippen molar-refractivity contribution in [3.63, 3.8) is 0 Å². The van der Waals surface area contributed by atoms with Crippen LogP contribution in [0.4, 0.5) is 10.1 Å². The third-order valence-electron chi connectivity index (χ3n) is 6.50. The second-order valence-electron chi connectivity index (χ2n) is 9.48. The summed E-state index contributed by atoms with van der Waals surface area (Å²) in [7, 11) is 1.46. The molecule has 9 nitrogen and oxygen atoms in total. The first-order chi connectivity index (χ1) is 21.3. The number of aromatic nitrogens is 2. The summed E-state index contributed by atoms with van der Waals surface area (Å²) in [6, 6.07) is 22.7. The van der Waals surface area contributed by atoms with Crippen molar-refractivity contribution in [3.8, 4) is 23.1 Å². The van der Waals surface area contributed by atoms with Crippen LogP contribution in [-0.2, 0) is 4.79 Å². The van der Waals surface area contributed by atoms with E-state index in [1.165, 1.54) is 42.3 Å². The van der Waals surface area contributed by atoms with E-state index < -0.39 is 17.3 Å². The number of fused-ring (bicyclic) bond motifs is 2. The van der Waals surface area contributed by atoms with E-state index in [1.807, 2.05) is 0 Å². The number of carbonyl (C=O) groups excluding carboxylic acids is 1. The smallest absolute Gasteiger partial charge is 0.282 e. The third-order valence-corrected chi connectivity index (χ3v) is 7.33. The number of halogens is 3. The van der Waals surface area contributed by atoms with Crippen molar-refractivity contribution in [2.45, 2.75) is 0 Å². The number of furan rings is 1. The number of benzene rings is 4. The molecule has 1 N–H and O–H groups in total. The number of hydrogen-bond acceptors (Lipinski definition) is 7. The maximum Gasteiger partial charge on any atom is 0.282 e. The van der Waals surface area contributed by atoms with Crippen LogP contribution in [0.5, 0.6) is 11.5 Å². The van der Waals surface area contributed by atoms with E-state index in [-0.39, 0.29) is 18.2 Å². The Bertz CT molecular complexity index is 2130. The molecular formula is C32H21BrClFN4O5. The number of nitrogens with zero attached hydrogens (tertiary/aromatic N) is 3. The first-order valence-corrected chi connectivity index (χ1v) is 14.3. The summed E-state index contributed by atoms with van der Waals surface area (Å²) in [4.78, 5) is 30.7. The Morgan fingerprint density at radius 1 is 1.11 bits per heavy atom. The predicted molar refractivity (Wildman–Crippen MR) is 170 cm³/mol. The standard InChI is InChI=1S/C32H21BrClFN4O5/c1-42-27-13-18(12-24(33)30(27)43-17-29(40)37-22-9-7-21(35)8-10-22)16-36-39-31(38-25-5-3-2-4-23(25)32(39)41)28-15-19-14-20(34)6-11-26(19)44-28/h2-16H,17H2,1H3,(H,37,40). The van der Waals surface area contributed by atoms with Gasteiger partial charge in [0.2, 0.25) is 5.82 Å². The highest BCUT2D eigenvalue weighted by Gasteiger charge is 2.18. The first-order valence-electron chi connectivity index (χ1n) is 13.1. The minimum absolute atomic E-state index is 0.204. The molecule has 0 aliphatic heterocycles. The fourth-order valence-electron chi connectivity index (χ4n) is 4.46. The van der Waals surface area contributed by atoms with E-state index in [0.29, 0.717) is 48.7 Å². The van der Waals surface area contributed by atoms with E-state index in [2.05, 4.69) is 31.3 Å². The highest BCUT2D eigenvalue weighted by atomic mass is 79.9. The van der Waals surface area contributed by atoms with Gasteiger partial charge in [0, 0.05) is 16.1 Å². The molecule has 44 heavy (non-hydrogen) atoms. The molecule has 0 aliphatic carbocycles. The van der Waals surface area contributed by atoms with Crippen molar-refractivity contribution in [1.82, 2.24) is 9.66 Å². The number of nitrogens with one attached hydrogen (secondary N) is 1. The van der Waals surface area contributed by atoms with Crippen molar-refractivity contribution >= 4 is 67.2 Å². The van der Waals surface area contributed by atoms with Crippen molar-refractivity contribution in [2.75, 3.05) is 19.0 Å². The third kappa shape index (κ3) is 6.05. The molecule has 4 aromatic carbocycles. The van der Waals surface area contributed by atoms with Crippen LogP contribution >= 0.6 is 27.5 Å². The lowest BCUT2D eigenvalue weighted by Crippen LogP contribution is -2.20. The molecule has 0 radical (unpaired) electrons. The summed E-state index contributed by atoms with van der Waals surface area (Å²) in [5, 5.41) is 8.80. The molecule has 0 unspecified atom stereocenters. The van der Waals surface area contributed by atoms with E-state index in [1.54, 1.807) is 60.7 Å². The Hall–Kier alpha value is -5.00. The van der Waals surface area contributed by atoms with Gasteiger partial charge in [0.05, 0.1) is 28.7 Å². The molecule has 1 amide bonds. The van der Waals surface area contributed by atoms with Gasteiger partial charge in [0.25, 0.3) is 11.5 Å². The minimum Gasteiger partial charge on any atom is -0.493 e. The number of para-hydroxylation sites is 1. The van der Waals surface area contributed by atoms with Crippen LogP contribution in [0.15, 0.2) is 104 Å². The molecule has 6 aromatic rings. The fraction of sp³-hybridized carbons (Fsp3) is 0.0625. The summed E-state index contributed by atoms with van der Waals surface area (Å²) in [5.41, 5.74) is 1.67. The minimum atomic E-state index is -0.445. The zero-order chi connectivity index (χ0) is 30.8. The maximum atomic E-state index is 13.6. The molecule has 0 atom stereocenters. The molecule has 6 rings (SSSR count). The number of rotatable bonds is 8. The van der Waals surface area contributed by atoms with Crippen molar-refractivity contribution in [1.29, 1.82) is 0 Å². The lowest BCUT2D eigenvalue weighted by Gasteiger charge is -2.13. The fourth-order valence-corrected chi connectivity index (χ4v) is 5.22. The number of methoxy groups -OCH3 is 1. The Morgan fingerprint density at radius 2 is 1.91 bits per heavy atom. The van der Waals surface area contributed by atoms with Crippen LogP contribution in [0.2, 0.25) is 5.02 Å². The van der Waals surface area contributed by atoms with Crippen molar-refractivity contribution in [3.05, 3.63) is 116 Å². The van der Waals surface area contributed by atoms with E-state index in [0.717, 1.165) is 5.39 Å². The summed E-state index contributed by atoms with van der Waals surface area (Å²) in [5.74, 6) is 0.284. The molecule has 0 aliphatic rings. The molecule has 220 valence electrons. The summed E-state index contributed by atoms with van der Waals surface area (Å²) in [6.07, 6.45) is 1.47. The number of hydrogen-bond donors (Lipinski definition) is 1. The van der Waals surface area contributed by atoms with Crippen LogP contribution in [-0.4, -0.2) is 35.5 Å². The van der Waals surface area contributed by atoms with Gasteiger partial charge >= 0.3 is 0 Å². The topological polar surface area (TPSA) is 108 Å². The van der Waals surface area contributed by atoms with Crippen molar-refractivity contribution in [2.24, 2.45) is 5.10 Å². The Balaban J connectivity index is 1.31. The lowest BCUT2D eigenvalue weighted by molar-refractivity contribution is -0.118. The Morgan fingerprint density at radius 3 is 2.70 bits per heavy atom. The molecule has 0 saturated carbocycles. The highest BCUT2D eigenvalue weighted by molar-refractivity contribution is 9.10. The molecule has 2 heterocycles. The van der Waals surface area contributed by atoms with Gasteiger partial charge in [0.1, 0.15) is 11.4 Å². The van der Waals surface area contributed by atoms with Gasteiger partial charge < -0.3 is 19.2 Å². The number of carbonyl (C=O) groups is 1. The summed E-state index contributed by atoms with van der Waals surface area (Å²) >= 11 is 9.62. The normalized spacial score (nSPS) is 11.4. The Labute approximate surface area is 262 Å². The van der Waals surface area contributed by atoms with Gasteiger partial charge in [-0.05, 0) is 94.3 Å². The van der Waals surface area contributed by atoms with Gasteiger partial charge in [0.15, 0.2) is 23.9 Å². The molecule has 0 spiro atoms. The lowest BCUT2D eigenvalue weighted by atomic mass is 10.2. The highest BCUT2D eigenvalue weighted by Crippen LogP contribution is 2.36. The molecular weight excluding hydrogens is 655 g/mol. The van der Waals surface area contributed by atoms with Gasteiger partial charge in [-0.25, -0.2) is 9.37 Å². The molecule has 2 aromatic heterocycles. The van der Waals surface area contributed by atoms with Crippen LogP contribution in [0, 0.1) is 5.82 Å². The van der Waals surface area contributed by atoms with E-state index in [9.17, 15) is 14.0 Å². The molecule has 0 fully saturated rings. The molecule has 0 bridgehead atoms. The average Bonchev–Trinajstić information content (AvgIpc) is 3.44. The number of anilines is 1. The average molecular weight is 676 g/mol. The summed E-state index contributed by atoms with van der Waals surface area (Å²) < 4.78 is 32.0. The van der Waals surface area contributed by atoms with Gasteiger partial charge in [-0.15, -0.1) is 0 Å². The van der Waals surface area contributed by atoms with E-state index >= 15 is 0 Å². The first kappa shape index (κ1) is 29.1. The summed E-state index contributed by atoms with van der Waals surface area (Å²) in [6.45, 7) is -0.329. The zero-order valence-corrected chi connectivity index (χ0v) is 25.2. The second kappa shape index (κ2) is 12.3. The zero-order valence-electron chi connectivity index (χ0n) is 22.9. The monoisotopic (exact) mass is 674 g/mol. The van der Waals surface area contributed by atoms with Crippen LogP contribution in [0.3, 0.4) is 0 Å². The van der Waals surface area contributed by atoms with Gasteiger partial charge in [-0.2, -0.15) is 9.78 Å². The van der Waals surface area contributed by atoms with Crippen LogP contribution in [0.1, 0.15) is 5.56 Å². The Kier molecular flexibility index (Phi) is 8.14. The number of amides is 1. The quantitative estimate of drug-likeness (QED) is 0.170. The van der Waals surface area contributed by atoms with Crippen LogP contribution in [0.25, 0.3) is 33.5 Å². The predicted octanol–water partition coefficient (Wildman–Crippen LogP) is 7.27. The van der Waals surface area contributed by atoms with Gasteiger partial charge in [-0.3, -0.25) is 9.59 Å². The van der Waals surface area contributed by atoms with Crippen molar-refractivity contribution < 1.29 is 23.1 Å². The molecule has 12 heteroatoms. The largest absolute Gasteiger partial charge is 0.493 e. The van der Waals surface area contributed by atoms with Crippen LogP contribution < -0.4 is 20.3 Å². The molecule has 0 saturated heterocycles. The maximum absolute atomic E-state index is 13.6. The number of ether oxygens (including phenoxy) is 2. The van der Waals surface area contributed by atoms with E-state index in [4.69, 9.17) is 25.5 Å².